The van der Waals surface area contributed by atoms with Crippen LogP contribution in [0.1, 0.15) is 44.6 Å². The molecule has 8 heteroatoms. The number of amidine groups is 1. The van der Waals surface area contributed by atoms with E-state index in [0.717, 1.165) is 37.9 Å². The van der Waals surface area contributed by atoms with Crippen LogP contribution in [0, 0.1) is 11.3 Å². The van der Waals surface area contributed by atoms with Crippen molar-refractivity contribution >= 4 is 23.3 Å². The number of nitrogens with zero attached hydrogens (tertiary/aromatic N) is 4. The third-order valence-electron chi connectivity index (χ3n) is 5.79. The van der Waals surface area contributed by atoms with Gasteiger partial charge in [0.05, 0.1) is 23.7 Å². The molecule has 0 bridgehead atoms. The molecule has 8 nitrogen and oxygen atoms in total. The SMILES string of the molecule is CCC1=NNC2C(=O)N(CC(=O)Nc3ccc(C#N)cc3)C3CCCCC3N12. The maximum Gasteiger partial charge on any atom is 0.268 e. The second kappa shape index (κ2) is 7.50. The van der Waals surface area contributed by atoms with Crippen LogP contribution in [0.5, 0.6) is 0 Å². The first kappa shape index (κ1) is 18.3. The molecule has 2 heterocycles. The second-order valence-corrected chi connectivity index (χ2v) is 7.44. The Labute approximate surface area is 164 Å². The van der Waals surface area contributed by atoms with E-state index in [4.69, 9.17) is 5.26 Å². The summed E-state index contributed by atoms with van der Waals surface area (Å²) in [7, 11) is 0. The van der Waals surface area contributed by atoms with E-state index in [1.54, 1.807) is 29.2 Å². The Morgan fingerprint density at radius 2 is 2.00 bits per heavy atom. The van der Waals surface area contributed by atoms with Crippen LogP contribution in [-0.4, -0.2) is 52.2 Å². The Kier molecular flexibility index (Phi) is 4.90. The average molecular weight is 380 g/mol. The van der Waals surface area contributed by atoms with Crippen LogP contribution in [0.4, 0.5) is 5.69 Å². The summed E-state index contributed by atoms with van der Waals surface area (Å²) in [6, 6.07) is 8.98. The molecule has 3 atom stereocenters. The van der Waals surface area contributed by atoms with Crippen molar-refractivity contribution in [2.75, 3.05) is 11.9 Å². The lowest BCUT2D eigenvalue weighted by Gasteiger charge is -2.51. The van der Waals surface area contributed by atoms with Crippen LogP contribution in [0.3, 0.4) is 0 Å². The highest BCUT2D eigenvalue weighted by Gasteiger charge is 2.50. The summed E-state index contributed by atoms with van der Waals surface area (Å²) in [5.74, 6) is 0.604. The number of carbonyl (C=O) groups excluding carboxylic acids is 2. The van der Waals surface area contributed by atoms with Crippen molar-refractivity contribution in [1.82, 2.24) is 15.2 Å². The molecular weight excluding hydrogens is 356 g/mol. The molecule has 28 heavy (non-hydrogen) atoms. The molecule has 0 radical (unpaired) electrons. The molecule has 2 fully saturated rings. The molecule has 4 rings (SSSR count). The smallest absolute Gasteiger partial charge is 0.268 e. The molecule has 1 aromatic carbocycles. The van der Waals surface area contributed by atoms with Gasteiger partial charge in [0.2, 0.25) is 5.91 Å². The number of hydrazone groups is 1. The van der Waals surface area contributed by atoms with E-state index in [9.17, 15) is 9.59 Å². The van der Waals surface area contributed by atoms with Gasteiger partial charge in [0.25, 0.3) is 5.91 Å². The first-order valence-electron chi connectivity index (χ1n) is 9.83. The molecule has 1 saturated heterocycles. The van der Waals surface area contributed by atoms with E-state index >= 15 is 0 Å². The Bertz CT molecular complexity index is 843. The fraction of sp³-hybridized carbons (Fsp3) is 0.500. The number of anilines is 1. The fourth-order valence-electron chi connectivity index (χ4n) is 4.50. The lowest BCUT2D eigenvalue weighted by atomic mass is 9.85. The summed E-state index contributed by atoms with van der Waals surface area (Å²) in [6.45, 7) is 2.07. The minimum atomic E-state index is -0.503. The predicted octanol–water partition coefficient (Wildman–Crippen LogP) is 1.60. The minimum Gasteiger partial charge on any atom is -0.325 e. The first-order chi connectivity index (χ1) is 13.6. The number of nitrogens with one attached hydrogen (secondary N) is 2. The highest BCUT2D eigenvalue weighted by molar-refractivity contribution is 5.98. The fourth-order valence-corrected chi connectivity index (χ4v) is 4.50. The largest absolute Gasteiger partial charge is 0.325 e. The molecule has 0 spiro atoms. The van der Waals surface area contributed by atoms with E-state index in [0.29, 0.717) is 11.3 Å². The van der Waals surface area contributed by atoms with Crippen LogP contribution in [0.15, 0.2) is 29.4 Å². The molecular formula is C20H24N6O2. The third-order valence-corrected chi connectivity index (χ3v) is 5.79. The van der Waals surface area contributed by atoms with E-state index in [-0.39, 0.29) is 30.4 Å². The van der Waals surface area contributed by atoms with Gasteiger partial charge >= 0.3 is 0 Å². The van der Waals surface area contributed by atoms with Gasteiger partial charge in [-0.15, -0.1) is 0 Å². The van der Waals surface area contributed by atoms with E-state index in [1.807, 2.05) is 6.92 Å². The topological polar surface area (TPSA) is 101 Å². The van der Waals surface area contributed by atoms with Gasteiger partial charge in [-0.2, -0.15) is 10.4 Å². The number of hydrogen-bond acceptors (Lipinski definition) is 6. The molecule has 1 saturated carbocycles. The number of rotatable bonds is 4. The number of hydrogen-bond donors (Lipinski definition) is 2. The van der Waals surface area contributed by atoms with Crippen molar-refractivity contribution in [3.05, 3.63) is 29.8 Å². The second-order valence-electron chi connectivity index (χ2n) is 7.44. The van der Waals surface area contributed by atoms with Crippen molar-refractivity contribution in [2.24, 2.45) is 5.10 Å². The van der Waals surface area contributed by atoms with Gasteiger partial charge in [-0.05, 0) is 37.1 Å². The standard InChI is InChI=1S/C20H24N6O2/c1-2-17-23-24-19-20(28)25(15-5-3-4-6-16(15)26(17)19)12-18(27)22-14-9-7-13(11-21)8-10-14/h7-10,15-16,19,24H,2-6,12H2,1H3,(H,22,27). The molecule has 2 aliphatic heterocycles. The van der Waals surface area contributed by atoms with Crippen molar-refractivity contribution in [3.8, 4) is 6.07 Å². The molecule has 0 aromatic heterocycles. The van der Waals surface area contributed by atoms with Crippen molar-refractivity contribution in [3.63, 3.8) is 0 Å². The van der Waals surface area contributed by atoms with Crippen LogP contribution in [0.25, 0.3) is 0 Å². The number of fused-ring (bicyclic) bond motifs is 3. The molecule has 3 unspecified atom stereocenters. The molecule has 146 valence electrons. The Morgan fingerprint density at radius 3 is 2.68 bits per heavy atom. The summed E-state index contributed by atoms with van der Waals surface area (Å²) in [6.07, 6.45) is 4.37. The summed E-state index contributed by atoms with van der Waals surface area (Å²) < 4.78 is 0. The van der Waals surface area contributed by atoms with Crippen LogP contribution < -0.4 is 10.7 Å². The van der Waals surface area contributed by atoms with Gasteiger partial charge in [0, 0.05) is 12.1 Å². The molecule has 3 aliphatic rings. The van der Waals surface area contributed by atoms with Crippen LogP contribution >= 0.6 is 0 Å². The van der Waals surface area contributed by atoms with Crippen LogP contribution in [-0.2, 0) is 9.59 Å². The van der Waals surface area contributed by atoms with Gasteiger partial charge in [0.15, 0.2) is 6.17 Å². The number of piperazine rings is 1. The van der Waals surface area contributed by atoms with Crippen molar-refractivity contribution in [2.45, 2.75) is 57.3 Å². The van der Waals surface area contributed by atoms with E-state index in [2.05, 4.69) is 26.8 Å². The molecule has 2 N–H and O–H groups in total. The van der Waals surface area contributed by atoms with Gasteiger partial charge in [-0.3, -0.25) is 15.0 Å². The highest BCUT2D eigenvalue weighted by Crippen LogP contribution is 2.34. The van der Waals surface area contributed by atoms with Gasteiger partial charge in [-0.1, -0.05) is 19.8 Å². The number of carbonyl (C=O) groups is 2. The monoisotopic (exact) mass is 380 g/mol. The summed E-state index contributed by atoms with van der Waals surface area (Å²) >= 11 is 0. The molecule has 2 amide bonds. The van der Waals surface area contributed by atoms with Gasteiger partial charge in [0.1, 0.15) is 12.4 Å². The number of nitriles is 1. The summed E-state index contributed by atoms with van der Waals surface area (Å²) in [5, 5.41) is 16.1. The zero-order valence-corrected chi connectivity index (χ0v) is 15.9. The normalized spacial score (nSPS) is 25.9. The highest BCUT2D eigenvalue weighted by atomic mass is 16.2. The lowest BCUT2D eigenvalue weighted by Crippen LogP contribution is -2.69. The van der Waals surface area contributed by atoms with Gasteiger partial charge < -0.3 is 15.1 Å². The maximum absolute atomic E-state index is 13.1. The summed E-state index contributed by atoms with van der Waals surface area (Å²) in [4.78, 5) is 29.6. The van der Waals surface area contributed by atoms with Crippen LogP contribution in [0.2, 0.25) is 0 Å². The predicted molar refractivity (Wildman–Crippen MR) is 104 cm³/mol. The zero-order valence-electron chi connectivity index (χ0n) is 15.9. The number of benzene rings is 1. The number of amides is 2. The molecule has 1 aliphatic carbocycles. The lowest BCUT2D eigenvalue weighted by molar-refractivity contribution is -0.151. The van der Waals surface area contributed by atoms with E-state index in [1.165, 1.54) is 0 Å². The summed E-state index contributed by atoms with van der Waals surface area (Å²) in [5.41, 5.74) is 4.12. The van der Waals surface area contributed by atoms with Crippen molar-refractivity contribution in [1.29, 1.82) is 5.26 Å². The van der Waals surface area contributed by atoms with Gasteiger partial charge in [-0.25, -0.2) is 0 Å². The average Bonchev–Trinajstić information content (AvgIpc) is 3.16. The van der Waals surface area contributed by atoms with E-state index < -0.39 is 6.17 Å². The Morgan fingerprint density at radius 1 is 1.29 bits per heavy atom. The maximum atomic E-state index is 13.1. The Hall–Kier alpha value is -3.08. The molecule has 1 aromatic rings. The minimum absolute atomic E-state index is 0.0213. The first-order valence-corrected chi connectivity index (χ1v) is 9.83. The third kappa shape index (κ3) is 3.17. The van der Waals surface area contributed by atoms with Crippen molar-refractivity contribution < 1.29 is 9.59 Å². The Balaban J connectivity index is 1.49. The zero-order chi connectivity index (χ0) is 19.7. The quantitative estimate of drug-likeness (QED) is 0.826.